The van der Waals surface area contributed by atoms with Crippen molar-refractivity contribution in [3.05, 3.63) is 22.4 Å². The van der Waals surface area contributed by atoms with Gasteiger partial charge in [-0.15, -0.1) is 11.3 Å². The van der Waals surface area contributed by atoms with E-state index in [9.17, 15) is 0 Å². The second-order valence-electron chi connectivity index (χ2n) is 3.05. The van der Waals surface area contributed by atoms with Gasteiger partial charge in [-0.3, -0.25) is 0 Å². The number of hydrogen-bond acceptors (Lipinski definition) is 1. The highest BCUT2D eigenvalue weighted by molar-refractivity contribution is 9.09. The van der Waals surface area contributed by atoms with E-state index in [1.54, 1.807) is 0 Å². The molecule has 1 rings (SSSR count). The summed E-state index contributed by atoms with van der Waals surface area (Å²) in [4.78, 5) is 1.52. The Labute approximate surface area is 87.1 Å². The summed E-state index contributed by atoms with van der Waals surface area (Å²) in [5.74, 6) is 0.854. The van der Waals surface area contributed by atoms with Crippen molar-refractivity contribution < 1.29 is 0 Å². The van der Waals surface area contributed by atoms with E-state index in [4.69, 9.17) is 0 Å². The maximum Gasteiger partial charge on any atom is 0.00596 e. The predicted octanol–water partition coefficient (Wildman–Crippen LogP) is 4.10. The fourth-order valence-electron chi connectivity index (χ4n) is 1.19. The molecule has 1 atom stereocenters. The van der Waals surface area contributed by atoms with Gasteiger partial charge in [0.05, 0.1) is 0 Å². The maximum absolute atomic E-state index is 3.54. The number of hydrogen-bond donors (Lipinski definition) is 0. The van der Waals surface area contributed by atoms with Crippen molar-refractivity contribution >= 4 is 27.3 Å². The largest absolute Gasteiger partial charge is 0.149 e. The van der Waals surface area contributed by atoms with Crippen LogP contribution in [0, 0.1) is 5.92 Å². The minimum absolute atomic E-state index is 0.854. The Hall–Kier alpha value is 0.180. The van der Waals surface area contributed by atoms with E-state index in [0.29, 0.717) is 0 Å². The van der Waals surface area contributed by atoms with Crippen LogP contribution in [-0.4, -0.2) is 5.33 Å². The van der Waals surface area contributed by atoms with Crippen LogP contribution in [0.4, 0.5) is 0 Å². The first-order valence-corrected chi connectivity index (χ1v) is 6.45. The number of aryl methyl sites for hydroxylation is 1. The molecular formula is C10H15BrS. The van der Waals surface area contributed by atoms with Gasteiger partial charge in [-0.2, -0.15) is 0 Å². The zero-order chi connectivity index (χ0) is 8.81. The van der Waals surface area contributed by atoms with E-state index >= 15 is 0 Å². The molecule has 68 valence electrons. The molecule has 0 aliphatic carbocycles. The number of halogens is 1. The standard InChI is InChI=1S/C10H15BrS/c1-2-9(8-11)5-6-10-4-3-7-12-10/h3-4,7,9H,2,5-6,8H2,1H3. The quantitative estimate of drug-likeness (QED) is 0.687. The Kier molecular flexibility index (Phi) is 4.93. The molecule has 0 aromatic carbocycles. The first-order chi connectivity index (χ1) is 5.86. The van der Waals surface area contributed by atoms with E-state index < -0.39 is 0 Å². The molecule has 1 heterocycles. The summed E-state index contributed by atoms with van der Waals surface area (Å²) in [6.07, 6.45) is 3.86. The second-order valence-corrected chi connectivity index (χ2v) is 4.73. The Morgan fingerprint density at radius 2 is 2.42 bits per heavy atom. The Morgan fingerprint density at radius 1 is 1.58 bits per heavy atom. The second kappa shape index (κ2) is 5.76. The maximum atomic E-state index is 3.54. The van der Waals surface area contributed by atoms with Gasteiger partial charge in [-0.05, 0) is 30.2 Å². The van der Waals surface area contributed by atoms with E-state index in [0.717, 1.165) is 11.2 Å². The van der Waals surface area contributed by atoms with Crippen LogP contribution in [-0.2, 0) is 6.42 Å². The van der Waals surface area contributed by atoms with Crippen LogP contribution in [0.2, 0.25) is 0 Å². The molecule has 0 saturated heterocycles. The van der Waals surface area contributed by atoms with Gasteiger partial charge in [0, 0.05) is 10.2 Å². The summed E-state index contributed by atoms with van der Waals surface area (Å²) in [6, 6.07) is 4.36. The third-order valence-electron chi connectivity index (χ3n) is 2.17. The average molecular weight is 247 g/mol. The van der Waals surface area contributed by atoms with E-state index in [2.05, 4.69) is 40.4 Å². The third-order valence-corrected chi connectivity index (χ3v) is 4.03. The lowest BCUT2D eigenvalue weighted by molar-refractivity contribution is 0.530. The molecule has 0 spiro atoms. The summed E-state index contributed by atoms with van der Waals surface area (Å²) < 4.78 is 0. The molecule has 0 nitrogen and oxygen atoms in total. The van der Waals surface area contributed by atoms with Crippen molar-refractivity contribution in [3.63, 3.8) is 0 Å². The first kappa shape index (κ1) is 10.3. The highest BCUT2D eigenvalue weighted by atomic mass is 79.9. The summed E-state index contributed by atoms with van der Waals surface area (Å²) in [7, 11) is 0. The molecule has 0 fully saturated rings. The van der Waals surface area contributed by atoms with Crippen molar-refractivity contribution in [2.75, 3.05) is 5.33 Å². The molecule has 0 aliphatic rings. The van der Waals surface area contributed by atoms with Crippen LogP contribution in [0.25, 0.3) is 0 Å². The fourth-order valence-corrected chi connectivity index (χ4v) is 2.70. The highest BCUT2D eigenvalue weighted by Crippen LogP contribution is 2.17. The number of thiophene rings is 1. The third kappa shape index (κ3) is 3.28. The van der Waals surface area contributed by atoms with Gasteiger partial charge in [0.2, 0.25) is 0 Å². The molecular weight excluding hydrogens is 232 g/mol. The SMILES string of the molecule is CCC(CBr)CCc1cccs1. The molecule has 0 amide bonds. The molecule has 2 heteroatoms. The van der Waals surface area contributed by atoms with E-state index in [1.165, 1.54) is 24.1 Å². The Bertz CT molecular complexity index is 190. The summed E-state index contributed by atoms with van der Waals surface area (Å²) in [5, 5.41) is 3.30. The van der Waals surface area contributed by atoms with Crippen molar-refractivity contribution in [3.8, 4) is 0 Å². The summed E-state index contributed by atoms with van der Waals surface area (Å²) in [5.41, 5.74) is 0. The van der Waals surface area contributed by atoms with Crippen LogP contribution in [0.1, 0.15) is 24.6 Å². The molecule has 1 unspecified atom stereocenters. The zero-order valence-electron chi connectivity index (χ0n) is 7.42. The smallest absolute Gasteiger partial charge is 0.00596 e. The number of rotatable bonds is 5. The van der Waals surface area contributed by atoms with E-state index in [-0.39, 0.29) is 0 Å². The minimum Gasteiger partial charge on any atom is -0.149 e. The lowest BCUT2D eigenvalue weighted by atomic mass is 10.0. The van der Waals surface area contributed by atoms with Crippen molar-refractivity contribution in [2.45, 2.75) is 26.2 Å². The first-order valence-electron chi connectivity index (χ1n) is 4.45. The lowest BCUT2D eigenvalue weighted by Crippen LogP contribution is -2.01. The lowest BCUT2D eigenvalue weighted by Gasteiger charge is -2.09. The molecule has 0 saturated carbocycles. The predicted molar refractivity (Wildman–Crippen MR) is 60.2 cm³/mol. The van der Waals surface area contributed by atoms with Gasteiger partial charge >= 0.3 is 0 Å². The molecule has 12 heavy (non-hydrogen) atoms. The van der Waals surface area contributed by atoms with Gasteiger partial charge < -0.3 is 0 Å². The van der Waals surface area contributed by atoms with Crippen LogP contribution >= 0.6 is 27.3 Å². The normalized spacial score (nSPS) is 13.2. The van der Waals surface area contributed by atoms with Crippen LogP contribution in [0.3, 0.4) is 0 Å². The molecule has 0 N–H and O–H groups in total. The molecule has 0 bridgehead atoms. The Morgan fingerprint density at radius 3 is 2.92 bits per heavy atom. The van der Waals surface area contributed by atoms with Crippen molar-refractivity contribution in [1.82, 2.24) is 0 Å². The van der Waals surface area contributed by atoms with Gasteiger partial charge in [-0.1, -0.05) is 35.3 Å². The summed E-state index contributed by atoms with van der Waals surface area (Å²) >= 11 is 5.41. The van der Waals surface area contributed by atoms with Gasteiger partial charge in [0.1, 0.15) is 0 Å². The van der Waals surface area contributed by atoms with Gasteiger partial charge in [-0.25, -0.2) is 0 Å². The van der Waals surface area contributed by atoms with Crippen molar-refractivity contribution in [1.29, 1.82) is 0 Å². The van der Waals surface area contributed by atoms with Crippen LogP contribution in [0.15, 0.2) is 17.5 Å². The van der Waals surface area contributed by atoms with Gasteiger partial charge in [0.25, 0.3) is 0 Å². The van der Waals surface area contributed by atoms with E-state index in [1.807, 2.05) is 11.3 Å². The summed E-state index contributed by atoms with van der Waals surface area (Å²) in [6.45, 7) is 2.26. The fraction of sp³-hybridized carbons (Fsp3) is 0.600. The molecule has 0 aliphatic heterocycles. The van der Waals surface area contributed by atoms with Crippen LogP contribution < -0.4 is 0 Å². The highest BCUT2D eigenvalue weighted by Gasteiger charge is 2.04. The Balaban J connectivity index is 2.25. The topological polar surface area (TPSA) is 0 Å². The minimum atomic E-state index is 0.854. The van der Waals surface area contributed by atoms with Crippen molar-refractivity contribution in [2.24, 2.45) is 5.92 Å². The number of alkyl halides is 1. The monoisotopic (exact) mass is 246 g/mol. The molecule has 1 aromatic rings. The van der Waals surface area contributed by atoms with Gasteiger partial charge in [0.15, 0.2) is 0 Å². The average Bonchev–Trinajstić information content (AvgIpc) is 2.59. The molecule has 1 aromatic heterocycles. The molecule has 0 radical (unpaired) electrons. The van der Waals surface area contributed by atoms with Crippen LogP contribution in [0.5, 0.6) is 0 Å². The zero-order valence-corrected chi connectivity index (χ0v) is 9.83.